The van der Waals surface area contributed by atoms with Gasteiger partial charge in [-0.15, -0.1) is 0 Å². The first-order valence-corrected chi connectivity index (χ1v) is 3.15. The summed E-state index contributed by atoms with van der Waals surface area (Å²) in [6.07, 6.45) is 5.76. The van der Waals surface area contributed by atoms with Crippen LogP contribution in [0.4, 0.5) is 4.39 Å². The first-order valence-electron chi connectivity index (χ1n) is 2.39. The van der Waals surface area contributed by atoms with Crippen LogP contribution < -0.4 is 0 Å². The highest BCUT2D eigenvalue weighted by atomic mass is 35.5. The van der Waals surface area contributed by atoms with E-state index >= 15 is 0 Å². The minimum Gasteiger partial charge on any atom is -0.208 e. The molecule has 0 N–H and O–H groups in total. The molecule has 9 heavy (non-hydrogen) atoms. The fourth-order valence-corrected chi connectivity index (χ4v) is 0.779. The van der Waals surface area contributed by atoms with Crippen LogP contribution in [-0.4, -0.2) is 4.33 Å². The van der Waals surface area contributed by atoms with Crippen molar-refractivity contribution < 1.29 is 4.39 Å². The van der Waals surface area contributed by atoms with Gasteiger partial charge in [0.1, 0.15) is 5.83 Å². The van der Waals surface area contributed by atoms with Crippen LogP contribution in [0.5, 0.6) is 0 Å². The highest BCUT2D eigenvalue weighted by Crippen LogP contribution is 2.34. The number of alkyl halides is 2. The molecule has 0 aliphatic heterocycles. The molecule has 3 heteroatoms. The van der Waals surface area contributed by atoms with Crippen molar-refractivity contribution in [3.8, 4) is 0 Å². The maximum absolute atomic E-state index is 12.5. The van der Waals surface area contributed by atoms with Crippen molar-refractivity contribution in [3.63, 3.8) is 0 Å². The molecule has 0 aromatic rings. The zero-order chi connectivity index (χ0) is 6.91. The van der Waals surface area contributed by atoms with Gasteiger partial charge in [-0.05, 0) is 12.2 Å². The predicted molar refractivity (Wildman–Crippen MR) is 37.1 cm³/mol. The SMILES string of the molecule is FC1=C[CH]C=CC1(Cl)Cl. The molecule has 0 atom stereocenters. The summed E-state index contributed by atoms with van der Waals surface area (Å²) in [5, 5.41) is 0. The molecule has 0 heterocycles. The Morgan fingerprint density at radius 2 is 2.11 bits per heavy atom. The van der Waals surface area contributed by atoms with Gasteiger partial charge in [-0.25, -0.2) is 4.39 Å². The van der Waals surface area contributed by atoms with E-state index in [2.05, 4.69) is 0 Å². The van der Waals surface area contributed by atoms with E-state index in [0.717, 1.165) is 0 Å². The molecule has 1 radical (unpaired) electrons. The lowest BCUT2D eigenvalue weighted by atomic mass is 10.2. The molecule has 0 unspecified atom stereocenters. The van der Waals surface area contributed by atoms with Crippen LogP contribution in [0.2, 0.25) is 0 Å². The Morgan fingerprint density at radius 1 is 1.44 bits per heavy atom. The van der Waals surface area contributed by atoms with Crippen molar-refractivity contribution in [1.29, 1.82) is 0 Å². The summed E-state index contributed by atoms with van der Waals surface area (Å²) < 4.78 is 11.0. The van der Waals surface area contributed by atoms with Gasteiger partial charge in [-0.2, -0.15) is 0 Å². The Labute approximate surface area is 63.0 Å². The lowest BCUT2D eigenvalue weighted by Crippen LogP contribution is -2.11. The molecule has 0 saturated carbocycles. The molecule has 49 valence electrons. The highest BCUT2D eigenvalue weighted by Gasteiger charge is 2.27. The predicted octanol–water partition coefficient (Wildman–Crippen LogP) is 2.79. The minimum absolute atomic E-state index is 0.534. The molecule has 0 aromatic heterocycles. The van der Waals surface area contributed by atoms with E-state index in [0.29, 0.717) is 0 Å². The zero-order valence-electron chi connectivity index (χ0n) is 4.44. The summed E-state index contributed by atoms with van der Waals surface area (Å²) in [5.41, 5.74) is 0. The van der Waals surface area contributed by atoms with E-state index in [-0.39, 0.29) is 0 Å². The molecule has 0 nitrogen and oxygen atoms in total. The maximum atomic E-state index is 12.5. The third-order valence-corrected chi connectivity index (χ3v) is 1.59. The monoisotopic (exact) mass is 165 g/mol. The molecule has 0 fully saturated rings. The third kappa shape index (κ3) is 1.46. The van der Waals surface area contributed by atoms with Crippen molar-refractivity contribution in [2.24, 2.45) is 0 Å². The fraction of sp³-hybridized carbons (Fsp3) is 0.167. The van der Waals surface area contributed by atoms with E-state index in [4.69, 9.17) is 23.2 Å². The third-order valence-electron chi connectivity index (χ3n) is 0.978. The Bertz CT molecular complexity index is 170. The number of rotatable bonds is 0. The van der Waals surface area contributed by atoms with Crippen molar-refractivity contribution in [2.75, 3.05) is 0 Å². The van der Waals surface area contributed by atoms with Gasteiger partial charge in [-0.3, -0.25) is 0 Å². The van der Waals surface area contributed by atoms with Crippen LogP contribution in [0, 0.1) is 6.42 Å². The summed E-state index contributed by atoms with van der Waals surface area (Å²) in [4.78, 5) is 0. The number of allylic oxidation sites excluding steroid dienone is 4. The second-order valence-corrected chi connectivity index (χ2v) is 3.07. The normalized spacial score (nSPS) is 23.7. The average Bonchev–Trinajstić information content (AvgIpc) is 1.77. The molecular formula is C6H4Cl2F. The van der Waals surface area contributed by atoms with Gasteiger partial charge >= 0.3 is 0 Å². The van der Waals surface area contributed by atoms with Crippen LogP contribution in [-0.2, 0) is 0 Å². The zero-order valence-corrected chi connectivity index (χ0v) is 5.96. The number of hydrogen-bond donors (Lipinski definition) is 0. The first kappa shape index (κ1) is 7.10. The van der Waals surface area contributed by atoms with Crippen LogP contribution in [0.1, 0.15) is 0 Å². The Hall–Kier alpha value is -0.0100. The second-order valence-electron chi connectivity index (χ2n) is 1.69. The van der Waals surface area contributed by atoms with Gasteiger partial charge in [0, 0.05) is 6.42 Å². The van der Waals surface area contributed by atoms with Gasteiger partial charge in [0.25, 0.3) is 0 Å². The first-order chi connectivity index (χ1) is 4.13. The number of halogens is 3. The molecule has 0 spiro atoms. The van der Waals surface area contributed by atoms with Crippen molar-refractivity contribution >= 4 is 23.2 Å². The average molecular weight is 166 g/mol. The lowest BCUT2D eigenvalue weighted by Gasteiger charge is -2.14. The Kier molecular flexibility index (Phi) is 1.83. The van der Waals surface area contributed by atoms with E-state index in [9.17, 15) is 4.39 Å². The van der Waals surface area contributed by atoms with Crippen LogP contribution in [0.25, 0.3) is 0 Å². The van der Waals surface area contributed by atoms with Crippen LogP contribution in [0.3, 0.4) is 0 Å². The molecule has 0 bridgehead atoms. The van der Waals surface area contributed by atoms with Gasteiger partial charge in [0.15, 0.2) is 4.33 Å². The van der Waals surface area contributed by atoms with Crippen LogP contribution >= 0.6 is 23.2 Å². The van der Waals surface area contributed by atoms with E-state index in [1.165, 1.54) is 12.2 Å². The van der Waals surface area contributed by atoms with E-state index in [1.54, 1.807) is 12.5 Å². The number of hydrogen-bond acceptors (Lipinski definition) is 0. The summed E-state index contributed by atoms with van der Waals surface area (Å²) in [7, 11) is 0. The van der Waals surface area contributed by atoms with Crippen molar-refractivity contribution in [3.05, 3.63) is 30.5 Å². The summed E-state index contributed by atoms with van der Waals surface area (Å²) in [6.45, 7) is 0. The van der Waals surface area contributed by atoms with Gasteiger partial charge < -0.3 is 0 Å². The van der Waals surface area contributed by atoms with Crippen LogP contribution in [0.15, 0.2) is 24.1 Å². The van der Waals surface area contributed by atoms with Gasteiger partial charge in [0.2, 0.25) is 0 Å². The van der Waals surface area contributed by atoms with Crippen molar-refractivity contribution in [1.82, 2.24) is 0 Å². The highest BCUT2D eigenvalue weighted by molar-refractivity contribution is 6.51. The van der Waals surface area contributed by atoms with E-state index in [1.807, 2.05) is 0 Å². The molecule has 1 rings (SSSR count). The maximum Gasteiger partial charge on any atom is 0.186 e. The molecule has 0 saturated heterocycles. The Balaban J connectivity index is 2.83. The summed E-state index contributed by atoms with van der Waals surface area (Å²) >= 11 is 10.9. The molecule has 0 amide bonds. The molecular weight excluding hydrogens is 162 g/mol. The second kappa shape index (κ2) is 2.31. The molecule has 0 aromatic carbocycles. The minimum atomic E-state index is -1.44. The fourth-order valence-electron chi connectivity index (χ4n) is 0.507. The molecule has 1 aliphatic rings. The lowest BCUT2D eigenvalue weighted by molar-refractivity contribution is 0.601. The quantitative estimate of drug-likeness (QED) is 0.485. The summed E-state index contributed by atoms with van der Waals surface area (Å²) in [6, 6.07) is 0. The van der Waals surface area contributed by atoms with E-state index < -0.39 is 10.2 Å². The molecule has 1 aliphatic carbocycles. The topological polar surface area (TPSA) is 0 Å². The largest absolute Gasteiger partial charge is 0.208 e. The van der Waals surface area contributed by atoms with Crippen molar-refractivity contribution in [2.45, 2.75) is 4.33 Å². The Morgan fingerprint density at radius 3 is 2.44 bits per heavy atom. The summed E-state index contributed by atoms with van der Waals surface area (Å²) in [5.74, 6) is -0.534. The standard InChI is InChI=1S/C6H4Cl2F/c7-6(8)4-2-1-3-5(6)9/h1-4H. The van der Waals surface area contributed by atoms with Gasteiger partial charge in [0.05, 0.1) is 0 Å². The van der Waals surface area contributed by atoms with Gasteiger partial charge in [-0.1, -0.05) is 29.3 Å². The smallest absolute Gasteiger partial charge is 0.186 e.